The molecule has 0 aromatic heterocycles. The van der Waals surface area contributed by atoms with Gasteiger partial charge in [-0.2, -0.15) is 0 Å². The molecule has 3 aromatic carbocycles. The van der Waals surface area contributed by atoms with Crippen molar-refractivity contribution in [1.29, 1.82) is 0 Å². The lowest BCUT2D eigenvalue weighted by molar-refractivity contribution is -0.134. The molecule has 0 unspecified atom stereocenters. The van der Waals surface area contributed by atoms with E-state index in [0.717, 1.165) is 40.1 Å². The number of ether oxygens (including phenoxy) is 2. The van der Waals surface area contributed by atoms with Gasteiger partial charge in [-0.1, -0.05) is 81.1 Å². The molecule has 3 aromatic rings. The average Bonchev–Trinajstić information content (AvgIpc) is 3.25. The molecule has 3 nitrogen and oxygen atoms in total. The molecule has 0 saturated heterocycles. The molecule has 1 aliphatic carbocycles. The summed E-state index contributed by atoms with van der Waals surface area (Å²) in [6, 6.07) is 16.1. The summed E-state index contributed by atoms with van der Waals surface area (Å²) in [5.41, 5.74) is 0. The molecule has 146 valence electrons. The topological polar surface area (TPSA) is 35.5 Å². The average molecular weight is 376 g/mol. The van der Waals surface area contributed by atoms with E-state index in [2.05, 4.69) is 6.92 Å². The monoisotopic (exact) mass is 376 g/mol. The molecular weight excluding hydrogens is 348 g/mol. The Morgan fingerprint density at radius 1 is 0.893 bits per heavy atom. The van der Waals surface area contributed by atoms with Crippen LogP contribution in [0, 0.1) is 5.92 Å². The second-order valence-electron chi connectivity index (χ2n) is 7.76. The van der Waals surface area contributed by atoms with E-state index in [0.29, 0.717) is 24.7 Å². The highest BCUT2D eigenvalue weighted by Gasteiger charge is 2.20. The van der Waals surface area contributed by atoms with Crippen LogP contribution in [0.1, 0.15) is 51.9 Å². The van der Waals surface area contributed by atoms with Gasteiger partial charge in [-0.25, -0.2) is 0 Å². The second kappa shape index (κ2) is 8.64. The highest BCUT2D eigenvalue weighted by molar-refractivity contribution is 6.11. The molecule has 0 radical (unpaired) electrons. The highest BCUT2D eigenvalue weighted by Crippen LogP contribution is 2.43. The zero-order valence-corrected chi connectivity index (χ0v) is 16.6. The minimum atomic E-state index is -0.135. The first-order valence-corrected chi connectivity index (χ1v) is 10.5. The third kappa shape index (κ3) is 3.84. The molecule has 0 heterocycles. The Morgan fingerprint density at radius 2 is 1.43 bits per heavy atom. The molecule has 3 heteroatoms. The van der Waals surface area contributed by atoms with Gasteiger partial charge < -0.3 is 9.47 Å². The summed E-state index contributed by atoms with van der Waals surface area (Å²) in [6.07, 6.45) is 7.47. The lowest BCUT2D eigenvalue weighted by atomic mass is 10.00. The molecule has 0 atom stereocenters. The molecule has 4 rings (SSSR count). The first-order valence-electron chi connectivity index (χ1n) is 10.5. The second-order valence-corrected chi connectivity index (χ2v) is 7.76. The van der Waals surface area contributed by atoms with E-state index >= 15 is 0 Å². The van der Waals surface area contributed by atoms with Crippen molar-refractivity contribution in [3.8, 4) is 11.5 Å². The van der Waals surface area contributed by atoms with Gasteiger partial charge in [0, 0.05) is 28.0 Å². The maximum Gasteiger partial charge on any atom is 0.311 e. The van der Waals surface area contributed by atoms with Crippen LogP contribution in [0.3, 0.4) is 0 Å². The van der Waals surface area contributed by atoms with Gasteiger partial charge in [-0.05, 0) is 18.8 Å². The quantitative estimate of drug-likeness (QED) is 0.263. The normalized spacial score (nSPS) is 14.6. The molecule has 0 spiro atoms. The van der Waals surface area contributed by atoms with Crippen LogP contribution in [-0.2, 0) is 4.79 Å². The Kier molecular flexibility index (Phi) is 5.80. The third-order valence-corrected chi connectivity index (χ3v) is 5.73. The minimum absolute atomic E-state index is 0.135. The maximum atomic E-state index is 12.7. The Labute approximate surface area is 166 Å². The first-order chi connectivity index (χ1) is 13.8. The molecule has 0 N–H and O–H groups in total. The fourth-order valence-corrected chi connectivity index (χ4v) is 4.30. The van der Waals surface area contributed by atoms with Crippen LogP contribution in [-0.4, -0.2) is 12.6 Å². The Morgan fingerprint density at radius 3 is 1.96 bits per heavy atom. The number of benzene rings is 3. The van der Waals surface area contributed by atoms with Crippen LogP contribution >= 0.6 is 0 Å². The van der Waals surface area contributed by atoms with Crippen LogP contribution in [0.5, 0.6) is 11.5 Å². The summed E-state index contributed by atoms with van der Waals surface area (Å²) in [4.78, 5) is 12.7. The van der Waals surface area contributed by atoms with Gasteiger partial charge in [0.05, 0.1) is 6.61 Å². The Bertz CT molecular complexity index is 913. The summed E-state index contributed by atoms with van der Waals surface area (Å²) in [5, 5.41) is 3.85. The number of esters is 1. The summed E-state index contributed by atoms with van der Waals surface area (Å²) in [7, 11) is 0. The van der Waals surface area contributed by atoms with Gasteiger partial charge in [0.1, 0.15) is 11.5 Å². The van der Waals surface area contributed by atoms with Crippen molar-refractivity contribution < 1.29 is 14.3 Å². The van der Waals surface area contributed by atoms with Crippen molar-refractivity contribution in [2.45, 2.75) is 51.9 Å². The van der Waals surface area contributed by atoms with Gasteiger partial charge >= 0.3 is 5.97 Å². The van der Waals surface area contributed by atoms with Crippen LogP contribution in [0.15, 0.2) is 48.5 Å². The lowest BCUT2D eigenvalue weighted by Gasteiger charge is -2.17. The number of carbonyl (C=O) groups excluding carboxylic acids is 1. The fourth-order valence-electron chi connectivity index (χ4n) is 4.30. The van der Waals surface area contributed by atoms with Crippen molar-refractivity contribution in [3.63, 3.8) is 0 Å². The fraction of sp³-hybridized carbons (Fsp3) is 0.400. The smallest absolute Gasteiger partial charge is 0.311 e. The minimum Gasteiger partial charge on any atom is -0.492 e. The van der Waals surface area contributed by atoms with Crippen LogP contribution in [0.2, 0.25) is 0 Å². The Hall–Kier alpha value is -2.55. The zero-order chi connectivity index (χ0) is 19.3. The predicted octanol–water partition coefficient (Wildman–Crippen LogP) is 6.66. The zero-order valence-electron chi connectivity index (χ0n) is 16.6. The summed E-state index contributed by atoms with van der Waals surface area (Å²) in [5.74, 6) is 2.08. The van der Waals surface area contributed by atoms with Gasteiger partial charge in [0.15, 0.2) is 0 Å². The van der Waals surface area contributed by atoms with Crippen molar-refractivity contribution in [3.05, 3.63) is 48.5 Å². The van der Waals surface area contributed by atoms with E-state index < -0.39 is 0 Å². The number of hydrogen-bond acceptors (Lipinski definition) is 3. The summed E-state index contributed by atoms with van der Waals surface area (Å²) < 4.78 is 12.1. The van der Waals surface area contributed by atoms with Gasteiger partial charge in [0.2, 0.25) is 0 Å². The Balaban J connectivity index is 1.71. The summed E-state index contributed by atoms with van der Waals surface area (Å²) in [6.45, 7) is 2.76. The van der Waals surface area contributed by atoms with Crippen LogP contribution < -0.4 is 9.47 Å². The number of carbonyl (C=O) groups is 1. The van der Waals surface area contributed by atoms with Crippen molar-refractivity contribution >= 4 is 27.5 Å². The molecule has 1 aliphatic rings. The van der Waals surface area contributed by atoms with Crippen molar-refractivity contribution in [2.24, 2.45) is 5.92 Å². The van der Waals surface area contributed by atoms with E-state index in [1.54, 1.807) is 0 Å². The molecule has 1 fully saturated rings. The van der Waals surface area contributed by atoms with Gasteiger partial charge in [-0.3, -0.25) is 4.79 Å². The largest absolute Gasteiger partial charge is 0.492 e. The number of fused-ring (bicyclic) bond motifs is 2. The van der Waals surface area contributed by atoms with E-state index in [1.807, 2.05) is 48.5 Å². The molecule has 0 aliphatic heterocycles. The standard InChI is InChI=1S/C25H28O3/c1-2-17-27-24-19-11-5-7-13-21(19)25(22-14-8-6-12-20(22)24)28-23(26)16-15-18-9-3-4-10-18/h5-8,11-14,18H,2-4,9-10,15-17H2,1H3. The van der Waals surface area contributed by atoms with Crippen LogP contribution in [0.4, 0.5) is 0 Å². The lowest BCUT2D eigenvalue weighted by Crippen LogP contribution is -2.10. The van der Waals surface area contributed by atoms with E-state index in [9.17, 15) is 4.79 Å². The number of rotatable bonds is 7. The van der Waals surface area contributed by atoms with Gasteiger partial charge in [-0.15, -0.1) is 0 Å². The first kappa shape index (κ1) is 18.8. The molecule has 0 bridgehead atoms. The highest BCUT2D eigenvalue weighted by atomic mass is 16.5. The van der Waals surface area contributed by atoms with Crippen molar-refractivity contribution in [2.75, 3.05) is 6.61 Å². The SMILES string of the molecule is CCCOc1c2ccccc2c(OC(=O)CCC2CCCC2)c2ccccc12. The molecule has 0 amide bonds. The molecular formula is C25H28O3. The van der Waals surface area contributed by atoms with Gasteiger partial charge in [0.25, 0.3) is 0 Å². The van der Waals surface area contributed by atoms with E-state index in [-0.39, 0.29) is 5.97 Å². The summed E-state index contributed by atoms with van der Waals surface area (Å²) >= 11 is 0. The molecule has 1 saturated carbocycles. The van der Waals surface area contributed by atoms with Crippen molar-refractivity contribution in [1.82, 2.24) is 0 Å². The van der Waals surface area contributed by atoms with E-state index in [1.165, 1.54) is 25.7 Å². The maximum absolute atomic E-state index is 12.7. The van der Waals surface area contributed by atoms with E-state index in [4.69, 9.17) is 9.47 Å². The molecule has 28 heavy (non-hydrogen) atoms. The van der Waals surface area contributed by atoms with Crippen LogP contribution in [0.25, 0.3) is 21.5 Å². The number of hydrogen-bond donors (Lipinski definition) is 0. The predicted molar refractivity (Wildman–Crippen MR) is 114 cm³/mol. The third-order valence-electron chi connectivity index (χ3n) is 5.73.